The largest absolute Gasteiger partial charge is 0.391 e. The molecule has 1 unspecified atom stereocenters. The van der Waals surface area contributed by atoms with Crippen LogP contribution in [0.3, 0.4) is 0 Å². The van der Waals surface area contributed by atoms with Crippen LogP contribution in [0.2, 0.25) is 0 Å². The van der Waals surface area contributed by atoms with E-state index in [-0.39, 0.29) is 16.5 Å². The first kappa shape index (κ1) is 9.71. The Balaban J connectivity index is 2.37. The van der Waals surface area contributed by atoms with Gasteiger partial charge in [-0.3, -0.25) is 10.1 Å². The normalized spacial score (nSPS) is 19.6. The minimum Gasteiger partial charge on any atom is -0.391 e. The van der Waals surface area contributed by atoms with Crippen LogP contribution in [0.5, 0.6) is 0 Å². The number of para-hydroxylation sites is 1. The molecule has 2 rings (SSSR count). The second kappa shape index (κ2) is 4.13. The number of nitro benzene ring substituents is 1. The summed E-state index contributed by atoms with van der Waals surface area (Å²) in [6.07, 6.45) is 4.75. The third-order valence-corrected chi connectivity index (χ3v) is 2.58. The number of hydrogen-bond donors (Lipinski definition) is 1. The van der Waals surface area contributed by atoms with Crippen LogP contribution in [0.15, 0.2) is 36.5 Å². The third-order valence-electron chi connectivity index (χ3n) is 2.58. The van der Waals surface area contributed by atoms with Crippen molar-refractivity contribution in [1.29, 1.82) is 0 Å². The molecular weight excluding hydrogens is 192 g/mol. The Morgan fingerprint density at radius 3 is 2.87 bits per heavy atom. The van der Waals surface area contributed by atoms with Gasteiger partial charge >= 0.3 is 0 Å². The van der Waals surface area contributed by atoms with E-state index in [0.29, 0.717) is 0 Å². The van der Waals surface area contributed by atoms with E-state index in [0.717, 1.165) is 18.5 Å². The lowest BCUT2D eigenvalue weighted by molar-refractivity contribution is -0.385. The van der Waals surface area contributed by atoms with Gasteiger partial charge in [-0.25, -0.2) is 0 Å². The van der Waals surface area contributed by atoms with Crippen LogP contribution in [0.4, 0.5) is 5.69 Å². The summed E-state index contributed by atoms with van der Waals surface area (Å²) < 4.78 is 0. The molecule has 0 aliphatic carbocycles. The highest BCUT2D eigenvalue weighted by atomic mass is 16.6. The molecule has 0 bridgehead atoms. The van der Waals surface area contributed by atoms with Gasteiger partial charge < -0.3 is 5.32 Å². The second-order valence-corrected chi connectivity index (χ2v) is 3.52. The summed E-state index contributed by atoms with van der Waals surface area (Å²) in [6, 6.07) is 6.94. The van der Waals surface area contributed by atoms with Crippen molar-refractivity contribution in [2.24, 2.45) is 0 Å². The number of nitrogens with zero attached hydrogens (tertiary/aromatic N) is 1. The van der Waals surface area contributed by atoms with Crippen molar-refractivity contribution in [1.82, 2.24) is 5.32 Å². The smallest absolute Gasteiger partial charge is 0.273 e. The van der Waals surface area contributed by atoms with Gasteiger partial charge in [0, 0.05) is 24.1 Å². The summed E-state index contributed by atoms with van der Waals surface area (Å²) in [6.45, 7) is 0.868. The van der Waals surface area contributed by atoms with Crippen LogP contribution in [-0.4, -0.2) is 11.5 Å². The number of nitrogens with one attached hydrogen (secondary N) is 1. The van der Waals surface area contributed by atoms with Crippen LogP contribution in [0, 0.1) is 10.1 Å². The summed E-state index contributed by atoms with van der Waals surface area (Å²) in [5, 5.41) is 13.9. The quantitative estimate of drug-likeness (QED) is 0.593. The molecule has 1 heterocycles. The van der Waals surface area contributed by atoms with Gasteiger partial charge in [0.1, 0.15) is 0 Å². The van der Waals surface area contributed by atoms with E-state index >= 15 is 0 Å². The summed E-state index contributed by atoms with van der Waals surface area (Å²) >= 11 is 0. The number of allylic oxidation sites excluding steroid dienone is 1. The summed E-state index contributed by atoms with van der Waals surface area (Å²) in [5.74, 6) is 0.160. The molecule has 0 saturated carbocycles. The highest BCUT2D eigenvalue weighted by molar-refractivity contribution is 5.44. The molecule has 0 amide bonds. The molecule has 1 atom stereocenters. The minimum absolute atomic E-state index is 0.160. The molecule has 0 spiro atoms. The predicted octanol–water partition coefficient (Wildman–Crippen LogP) is 2.19. The molecule has 4 heteroatoms. The van der Waals surface area contributed by atoms with Crippen molar-refractivity contribution in [3.05, 3.63) is 52.2 Å². The van der Waals surface area contributed by atoms with Crippen LogP contribution >= 0.6 is 0 Å². The lowest BCUT2D eigenvalue weighted by Gasteiger charge is -2.17. The number of hydrogen-bond acceptors (Lipinski definition) is 3. The maximum Gasteiger partial charge on any atom is 0.273 e. The molecule has 15 heavy (non-hydrogen) atoms. The van der Waals surface area contributed by atoms with Gasteiger partial charge in [-0.15, -0.1) is 0 Å². The van der Waals surface area contributed by atoms with E-state index in [4.69, 9.17) is 0 Å². The maximum absolute atomic E-state index is 10.8. The van der Waals surface area contributed by atoms with Crippen molar-refractivity contribution in [2.45, 2.75) is 12.3 Å². The van der Waals surface area contributed by atoms with Gasteiger partial charge in [-0.1, -0.05) is 24.3 Å². The van der Waals surface area contributed by atoms with Gasteiger partial charge in [0.15, 0.2) is 0 Å². The molecule has 1 aliphatic rings. The van der Waals surface area contributed by atoms with Gasteiger partial charge in [0.25, 0.3) is 5.69 Å². The van der Waals surface area contributed by atoms with Crippen LogP contribution in [-0.2, 0) is 0 Å². The first-order valence-electron chi connectivity index (χ1n) is 4.92. The van der Waals surface area contributed by atoms with Crippen molar-refractivity contribution in [3.63, 3.8) is 0 Å². The summed E-state index contributed by atoms with van der Waals surface area (Å²) in [7, 11) is 0. The number of benzene rings is 1. The molecule has 0 fully saturated rings. The molecular formula is C11H12N2O2. The van der Waals surface area contributed by atoms with Crippen molar-refractivity contribution in [3.8, 4) is 0 Å². The van der Waals surface area contributed by atoms with Gasteiger partial charge in [0.2, 0.25) is 0 Å². The molecule has 78 valence electrons. The highest BCUT2D eigenvalue weighted by Crippen LogP contribution is 2.30. The fraction of sp³-hybridized carbons (Fsp3) is 0.273. The highest BCUT2D eigenvalue weighted by Gasteiger charge is 2.20. The van der Waals surface area contributed by atoms with E-state index in [1.165, 1.54) is 0 Å². The standard InChI is InChI=1S/C11H12N2O2/c14-13(15)11-4-2-1-3-10(11)9-5-7-12-8-6-9/h1-5,7,9,12H,6,8H2. The Bertz CT molecular complexity index is 401. The van der Waals surface area contributed by atoms with Crippen LogP contribution in [0.25, 0.3) is 0 Å². The minimum atomic E-state index is -0.314. The van der Waals surface area contributed by atoms with E-state index < -0.39 is 0 Å². The van der Waals surface area contributed by atoms with Gasteiger partial charge in [-0.2, -0.15) is 0 Å². The first-order valence-corrected chi connectivity index (χ1v) is 4.92. The number of rotatable bonds is 2. The predicted molar refractivity (Wildman–Crippen MR) is 57.6 cm³/mol. The molecule has 0 saturated heterocycles. The number of nitro groups is 1. The molecule has 1 aromatic carbocycles. The van der Waals surface area contributed by atoms with Crippen molar-refractivity contribution in [2.75, 3.05) is 6.54 Å². The molecule has 4 nitrogen and oxygen atoms in total. The van der Waals surface area contributed by atoms with E-state index in [1.807, 2.05) is 24.4 Å². The van der Waals surface area contributed by atoms with E-state index in [2.05, 4.69) is 5.32 Å². The van der Waals surface area contributed by atoms with Crippen molar-refractivity contribution >= 4 is 5.69 Å². The Kier molecular flexibility index (Phi) is 2.67. The molecule has 1 aliphatic heterocycles. The zero-order valence-electron chi connectivity index (χ0n) is 8.22. The van der Waals surface area contributed by atoms with Crippen LogP contribution < -0.4 is 5.32 Å². The average Bonchev–Trinajstić information content (AvgIpc) is 2.30. The summed E-state index contributed by atoms with van der Waals surface area (Å²) in [5.41, 5.74) is 1.02. The molecule has 0 aromatic heterocycles. The zero-order chi connectivity index (χ0) is 10.7. The third kappa shape index (κ3) is 1.98. The van der Waals surface area contributed by atoms with Gasteiger partial charge in [0.05, 0.1) is 4.92 Å². The zero-order valence-corrected chi connectivity index (χ0v) is 8.22. The first-order chi connectivity index (χ1) is 7.29. The SMILES string of the molecule is O=[N+]([O-])c1ccccc1C1C=CNCC1. The fourth-order valence-electron chi connectivity index (χ4n) is 1.83. The Hall–Kier alpha value is -1.84. The van der Waals surface area contributed by atoms with Crippen molar-refractivity contribution < 1.29 is 4.92 Å². The second-order valence-electron chi connectivity index (χ2n) is 3.52. The lowest BCUT2D eigenvalue weighted by Crippen LogP contribution is -2.16. The van der Waals surface area contributed by atoms with E-state index in [1.54, 1.807) is 12.1 Å². The Morgan fingerprint density at radius 1 is 1.40 bits per heavy atom. The lowest BCUT2D eigenvalue weighted by atomic mass is 9.93. The Labute approximate surface area is 87.8 Å². The van der Waals surface area contributed by atoms with Crippen LogP contribution in [0.1, 0.15) is 17.9 Å². The fourth-order valence-corrected chi connectivity index (χ4v) is 1.83. The van der Waals surface area contributed by atoms with Gasteiger partial charge in [-0.05, 0) is 12.6 Å². The molecule has 1 aromatic rings. The topological polar surface area (TPSA) is 55.2 Å². The molecule has 0 radical (unpaired) electrons. The monoisotopic (exact) mass is 204 g/mol. The average molecular weight is 204 g/mol. The maximum atomic E-state index is 10.8. The summed E-state index contributed by atoms with van der Waals surface area (Å²) in [4.78, 5) is 10.5. The molecule has 1 N–H and O–H groups in total. The van der Waals surface area contributed by atoms with E-state index in [9.17, 15) is 10.1 Å². The Morgan fingerprint density at radius 2 is 2.20 bits per heavy atom.